The molecule has 1 aliphatic rings. The van der Waals surface area contributed by atoms with E-state index in [1.807, 2.05) is 11.3 Å². The largest absolute Gasteiger partial charge is 0.396 e. The maximum Gasteiger partial charge on any atom is 0.0730 e. The van der Waals surface area contributed by atoms with Gasteiger partial charge in [0, 0.05) is 37.0 Å². The zero-order chi connectivity index (χ0) is 10.1. The minimum atomic E-state index is 0.337. The molecule has 0 aromatic carbocycles. The summed E-state index contributed by atoms with van der Waals surface area (Å²) in [5.41, 5.74) is 1.32. The molecular weight excluding hydrogens is 262 g/mol. The van der Waals surface area contributed by atoms with Crippen LogP contribution in [0.1, 0.15) is 10.4 Å². The summed E-state index contributed by atoms with van der Waals surface area (Å²) >= 11 is 5.34. The van der Waals surface area contributed by atoms with E-state index >= 15 is 0 Å². The van der Waals surface area contributed by atoms with Gasteiger partial charge >= 0.3 is 0 Å². The lowest BCUT2D eigenvalue weighted by molar-refractivity contribution is 0.0487. The molecule has 14 heavy (non-hydrogen) atoms. The van der Waals surface area contributed by atoms with Crippen LogP contribution in [0, 0.1) is 12.8 Å². The third-order valence-corrected chi connectivity index (χ3v) is 4.70. The molecule has 0 radical (unpaired) electrons. The summed E-state index contributed by atoms with van der Waals surface area (Å²) in [6.45, 7) is 5.59. The van der Waals surface area contributed by atoms with Crippen LogP contribution in [0.3, 0.4) is 0 Å². The first-order chi connectivity index (χ1) is 6.69. The summed E-state index contributed by atoms with van der Waals surface area (Å²) in [5.74, 6) is 0.513. The molecule has 4 heteroatoms. The zero-order valence-corrected chi connectivity index (χ0v) is 10.6. The predicted molar refractivity (Wildman–Crippen MR) is 62.6 cm³/mol. The van der Waals surface area contributed by atoms with Gasteiger partial charge in [-0.2, -0.15) is 0 Å². The van der Waals surface area contributed by atoms with Crippen LogP contribution in [0.5, 0.6) is 0 Å². The van der Waals surface area contributed by atoms with Gasteiger partial charge in [-0.1, -0.05) is 0 Å². The standard InChI is InChI=1S/C10H14BrNOS/c1-7-2-9(14-10(7)11)5-12-3-8(4-12)6-13/h2,8,13H,3-6H2,1H3. The molecule has 1 aromatic heterocycles. The molecule has 78 valence electrons. The Labute approximate surface area is 96.7 Å². The maximum absolute atomic E-state index is 8.89. The number of nitrogens with zero attached hydrogens (tertiary/aromatic N) is 1. The lowest BCUT2D eigenvalue weighted by atomic mass is 10.0. The number of halogens is 1. The number of rotatable bonds is 3. The highest BCUT2D eigenvalue weighted by Crippen LogP contribution is 2.29. The van der Waals surface area contributed by atoms with Gasteiger partial charge in [-0.3, -0.25) is 4.90 Å². The monoisotopic (exact) mass is 275 g/mol. The van der Waals surface area contributed by atoms with E-state index in [4.69, 9.17) is 5.11 Å². The van der Waals surface area contributed by atoms with Crippen LogP contribution in [0.25, 0.3) is 0 Å². The first-order valence-corrected chi connectivity index (χ1v) is 6.38. The van der Waals surface area contributed by atoms with Gasteiger partial charge < -0.3 is 5.11 Å². The molecule has 0 spiro atoms. The van der Waals surface area contributed by atoms with Crippen LogP contribution < -0.4 is 0 Å². The number of thiophene rings is 1. The van der Waals surface area contributed by atoms with E-state index in [1.165, 1.54) is 14.2 Å². The van der Waals surface area contributed by atoms with Crippen LogP contribution in [0.2, 0.25) is 0 Å². The Hall–Kier alpha value is 0.100. The van der Waals surface area contributed by atoms with Gasteiger partial charge in [-0.15, -0.1) is 11.3 Å². The van der Waals surface area contributed by atoms with E-state index in [0.717, 1.165) is 19.6 Å². The van der Waals surface area contributed by atoms with Crippen LogP contribution in [0.15, 0.2) is 9.85 Å². The molecule has 2 nitrogen and oxygen atoms in total. The average Bonchev–Trinajstić information content (AvgIpc) is 2.38. The molecule has 2 rings (SSSR count). The Kier molecular flexibility index (Phi) is 3.27. The Bertz CT molecular complexity index is 300. The summed E-state index contributed by atoms with van der Waals surface area (Å²) in [6, 6.07) is 2.24. The lowest BCUT2D eigenvalue weighted by Gasteiger charge is -2.37. The average molecular weight is 276 g/mol. The number of hydrogen-bond donors (Lipinski definition) is 1. The molecule has 1 fully saturated rings. The second-order valence-corrected chi connectivity index (χ2v) is 6.37. The summed E-state index contributed by atoms with van der Waals surface area (Å²) in [7, 11) is 0. The van der Waals surface area contributed by atoms with Crippen molar-refractivity contribution < 1.29 is 5.11 Å². The lowest BCUT2D eigenvalue weighted by Crippen LogP contribution is -2.47. The molecule has 0 atom stereocenters. The molecule has 2 heterocycles. The second kappa shape index (κ2) is 4.31. The van der Waals surface area contributed by atoms with Crippen molar-refractivity contribution in [1.82, 2.24) is 4.90 Å². The van der Waals surface area contributed by atoms with Crippen molar-refractivity contribution in [2.75, 3.05) is 19.7 Å². The minimum Gasteiger partial charge on any atom is -0.396 e. The number of likely N-dealkylation sites (tertiary alicyclic amines) is 1. The highest BCUT2D eigenvalue weighted by atomic mass is 79.9. The first-order valence-electron chi connectivity index (χ1n) is 4.77. The molecule has 0 saturated carbocycles. The number of aliphatic hydroxyl groups is 1. The second-order valence-electron chi connectivity index (χ2n) is 3.91. The highest BCUT2D eigenvalue weighted by Gasteiger charge is 2.25. The molecule has 1 N–H and O–H groups in total. The number of aliphatic hydroxyl groups excluding tert-OH is 1. The van der Waals surface area contributed by atoms with E-state index in [0.29, 0.717) is 12.5 Å². The zero-order valence-electron chi connectivity index (χ0n) is 8.16. The van der Waals surface area contributed by atoms with Crippen LogP contribution in [0.4, 0.5) is 0 Å². The normalized spacial score (nSPS) is 18.5. The Balaban J connectivity index is 1.87. The summed E-state index contributed by atoms with van der Waals surface area (Å²) in [6.07, 6.45) is 0. The molecule has 0 amide bonds. The van der Waals surface area contributed by atoms with E-state index in [-0.39, 0.29) is 0 Å². The van der Waals surface area contributed by atoms with E-state index < -0.39 is 0 Å². The van der Waals surface area contributed by atoms with Gasteiger partial charge in [0.1, 0.15) is 0 Å². The quantitative estimate of drug-likeness (QED) is 0.915. The van der Waals surface area contributed by atoms with Gasteiger partial charge in [0.15, 0.2) is 0 Å². The van der Waals surface area contributed by atoms with Gasteiger partial charge in [0.2, 0.25) is 0 Å². The molecule has 0 aliphatic carbocycles. The SMILES string of the molecule is Cc1cc(CN2CC(CO)C2)sc1Br. The maximum atomic E-state index is 8.89. The van der Waals surface area contributed by atoms with Crippen molar-refractivity contribution in [1.29, 1.82) is 0 Å². The van der Waals surface area contributed by atoms with E-state index in [2.05, 4.69) is 33.8 Å². The fourth-order valence-electron chi connectivity index (χ4n) is 1.74. The van der Waals surface area contributed by atoms with E-state index in [1.54, 1.807) is 0 Å². The van der Waals surface area contributed by atoms with E-state index in [9.17, 15) is 0 Å². The smallest absolute Gasteiger partial charge is 0.0730 e. The molecule has 1 aliphatic heterocycles. The third-order valence-electron chi connectivity index (χ3n) is 2.58. The predicted octanol–water partition coefficient (Wildman–Crippen LogP) is 2.24. The van der Waals surface area contributed by atoms with Gasteiger partial charge in [0.05, 0.1) is 3.79 Å². The Morgan fingerprint density at radius 3 is 2.86 bits per heavy atom. The third kappa shape index (κ3) is 2.19. The summed E-state index contributed by atoms with van der Waals surface area (Å²) in [5, 5.41) is 8.89. The van der Waals surface area contributed by atoms with Crippen LogP contribution in [-0.4, -0.2) is 29.7 Å². The van der Waals surface area contributed by atoms with Crippen molar-refractivity contribution >= 4 is 27.3 Å². The molecule has 1 aromatic rings. The summed E-state index contributed by atoms with van der Waals surface area (Å²) in [4.78, 5) is 3.78. The minimum absolute atomic E-state index is 0.337. The molecule has 0 unspecified atom stereocenters. The van der Waals surface area contributed by atoms with Gasteiger partial charge in [-0.25, -0.2) is 0 Å². The van der Waals surface area contributed by atoms with Crippen LogP contribution >= 0.6 is 27.3 Å². The fraction of sp³-hybridized carbons (Fsp3) is 0.600. The van der Waals surface area contributed by atoms with Crippen LogP contribution in [-0.2, 0) is 6.54 Å². The summed E-state index contributed by atoms with van der Waals surface area (Å²) < 4.78 is 1.24. The van der Waals surface area contributed by atoms with Crippen molar-refractivity contribution in [3.8, 4) is 0 Å². The van der Waals surface area contributed by atoms with Crippen molar-refractivity contribution in [2.45, 2.75) is 13.5 Å². The van der Waals surface area contributed by atoms with Gasteiger partial charge in [0.25, 0.3) is 0 Å². The number of hydrogen-bond acceptors (Lipinski definition) is 3. The van der Waals surface area contributed by atoms with Crippen molar-refractivity contribution in [3.05, 3.63) is 20.3 Å². The van der Waals surface area contributed by atoms with Gasteiger partial charge in [-0.05, 0) is 34.5 Å². The first kappa shape index (κ1) is 10.6. The van der Waals surface area contributed by atoms with Crippen molar-refractivity contribution in [3.63, 3.8) is 0 Å². The Morgan fingerprint density at radius 2 is 2.36 bits per heavy atom. The Morgan fingerprint density at radius 1 is 1.64 bits per heavy atom. The molecule has 1 saturated heterocycles. The number of aryl methyl sites for hydroxylation is 1. The topological polar surface area (TPSA) is 23.5 Å². The highest BCUT2D eigenvalue weighted by molar-refractivity contribution is 9.11. The molecular formula is C10H14BrNOS. The van der Waals surface area contributed by atoms with Crippen molar-refractivity contribution in [2.24, 2.45) is 5.92 Å². The fourth-order valence-corrected chi connectivity index (χ4v) is 3.41. The molecule has 0 bridgehead atoms.